The van der Waals surface area contributed by atoms with Crippen molar-refractivity contribution in [2.24, 2.45) is 5.92 Å². The molecule has 3 aromatic rings. The van der Waals surface area contributed by atoms with E-state index in [0.29, 0.717) is 24.1 Å². The molecule has 1 nitrogen and oxygen atoms in total. The quantitative estimate of drug-likeness (QED) is 0.202. The lowest BCUT2D eigenvalue weighted by Crippen LogP contribution is -2.25. The van der Waals surface area contributed by atoms with Crippen molar-refractivity contribution in [2.75, 3.05) is 0 Å². The van der Waals surface area contributed by atoms with E-state index in [1.807, 2.05) is 24.3 Å². The van der Waals surface area contributed by atoms with Gasteiger partial charge in [-0.3, -0.25) is 0 Å². The molecule has 0 N–H and O–H groups in total. The highest BCUT2D eigenvalue weighted by Crippen LogP contribution is 2.38. The maximum Gasteiger partial charge on any atom is 0.398 e. The summed E-state index contributed by atoms with van der Waals surface area (Å²) in [6.45, 7) is 2.22. The van der Waals surface area contributed by atoms with E-state index < -0.39 is 41.5 Å². The molecule has 0 saturated heterocycles. The molecule has 1 saturated carbocycles. The van der Waals surface area contributed by atoms with Crippen LogP contribution >= 0.6 is 0 Å². The monoisotopic (exact) mass is 520 g/mol. The number of aryl methyl sites for hydroxylation is 1. The van der Waals surface area contributed by atoms with Gasteiger partial charge in [-0.15, -0.1) is 0 Å². The van der Waals surface area contributed by atoms with Gasteiger partial charge in [0, 0.05) is 11.6 Å². The Morgan fingerprint density at radius 3 is 2.05 bits per heavy atom. The zero-order valence-electron chi connectivity index (χ0n) is 20.7. The minimum absolute atomic E-state index is 0.0746. The third kappa shape index (κ3) is 6.88. The Bertz CT molecular complexity index is 1180. The van der Waals surface area contributed by atoms with Crippen LogP contribution in [0.4, 0.5) is 26.3 Å². The normalized spacial score (nSPS) is 18.1. The Morgan fingerprint density at radius 1 is 0.811 bits per heavy atom. The van der Waals surface area contributed by atoms with Crippen LogP contribution in [0.2, 0.25) is 0 Å². The predicted molar refractivity (Wildman–Crippen MR) is 132 cm³/mol. The van der Waals surface area contributed by atoms with Crippen molar-refractivity contribution >= 4 is 0 Å². The highest BCUT2D eigenvalue weighted by Gasteiger charge is 2.31. The van der Waals surface area contributed by atoms with E-state index in [1.54, 1.807) is 0 Å². The summed E-state index contributed by atoms with van der Waals surface area (Å²) in [6, 6.07) is 11.9. The summed E-state index contributed by atoms with van der Waals surface area (Å²) in [7, 11) is 0. The standard InChI is InChI=1S/C30H30F6O/c1-2-3-19-4-8-21(9-5-19)22-10-6-20(7-11-22)14-15-30(35,36)37-24-12-13-25(26(31)18-24)23-16-27(32)29(34)28(33)17-23/h6-7,10-13,16-19,21H,2-5,8-9,14-15H2,1H3. The van der Waals surface area contributed by atoms with E-state index in [4.69, 9.17) is 4.74 Å². The van der Waals surface area contributed by atoms with Crippen LogP contribution in [0.15, 0.2) is 54.6 Å². The second-order valence-electron chi connectivity index (χ2n) is 9.88. The van der Waals surface area contributed by atoms with Crippen LogP contribution in [0.3, 0.4) is 0 Å². The van der Waals surface area contributed by atoms with Gasteiger partial charge in [0.2, 0.25) is 0 Å². The molecule has 0 aromatic heterocycles. The van der Waals surface area contributed by atoms with Crippen LogP contribution in [0, 0.1) is 29.2 Å². The molecule has 0 unspecified atom stereocenters. The molecule has 0 radical (unpaired) electrons. The molecule has 0 aliphatic heterocycles. The van der Waals surface area contributed by atoms with Crippen molar-refractivity contribution in [3.8, 4) is 16.9 Å². The Hall–Kier alpha value is -2.96. The molecular formula is C30H30F6O. The summed E-state index contributed by atoms with van der Waals surface area (Å²) in [6.07, 6.45) is 3.22. The first-order valence-corrected chi connectivity index (χ1v) is 12.8. The highest BCUT2D eigenvalue weighted by atomic mass is 19.3. The number of rotatable bonds is 9. The average Bonchev–Trinajstić information content (AvgIpc) is 2.87. The Kier molecular flexibility index (Phi) is 8.50. The fraction of sp³-hybridized carbons (Fsp3) is 0.400. The van der Waals surface area contributed by atoms with Crippen molar-refractivity contribution < 1.29 is 31.1 Å². The first kappa shape index (κ1) is 27.1. The van der Waals surface area contributed by atoms with E-state index in [1.165, 1.54) is 31.2 Å². The summed E-state index contributed by atoms with van der Waals surface area (Å²) in [5, 5.41) is 0. The molecule has 1 fully saturated rings. The molecule has 4 rings (SSSR count). The van der Waals surface area contributed by atoms with E-state index in [-0.39, 0.29) is 17.5 Å². The van der Waals surface area contributed by atoms with Gasteiger partial charge in [-0.05, 0) is 84.9 Å². The first-order valence-electron chi connectivity index (χ1n) is 12.8. The summed E-state index contributed by atoms with van der Waals surface area (Å²) in [4.78, 5) is 0. The predicted octanol–water partition coefficient (Wildman–Crippen LogP) is 9.59. The Labute approximate surface area is 213 Å². The van der Waals surface area contributed by atoms with Crippen LogP contribution < -0.4 is 4.74 Å². The maximum atomic E-state index is 14.5. The smallest absolute Gasteiger partial charge is 0.398 e. The van der Waals surface area contributed by atoms with E-state index in [2.05, 4.69) is 6.92 Å². The van der Waals surface area contributed by atoms with Crippen LogP contribution in [0.1, 0.15) is 68.9 Å². The molecule has 0 bridgehead atoms. The molecular weight excluding hydrogens is 490 g/mol. The lowest BCUT2D eigenvalue weighted by molar-refractivity contribution is -0.180. The molecule has 198 valence electrons. The number of halogens is 6. The highest BCUT2D eigenvalue weighted by molar-refractivity contribution is 5.65. The number of hydrogen-bond acceptors (Lipinski definition) is 1. The van der Waals surface area contributed by atoms with E-state index in [9.17, 15) is 26.3 Å². The molecule has 7 heteroatoms. The molecule has 0 amide bonds. The van der Waals surface area contributed by atoms with Crippen molar-refractivity contribution in [1.82, 2.24) is 0 Å². The maximum absolute atomic E-state index is 14.5. The van der Waals surface area contributed by atoms with E-state index in [0.717, 1.165) is 36.5 Å². The van der Waals surface area contributed by atoms with Gasteiger partial charge in [-0.25, -0.2) is 17.6 Å². The van der Waals surface area contributed by atoms with Gasteiger partial charge in [0.1, 0.15) is 11.6 Å². The van der Waals surface area contributed by atoms with E-state index >= 15 is 0 Å². The van der Waals surface area contributed by atoms with Crippen molar-refractivity contribution in [3.63, 3.8) is 0 Å². The molecule has 0 heterocycles. The minimum atomic E-state index is -3.56. The van der Waals surface area contributed by atoms with Gasteiger partial charge >= 0.3 is 6.11 Å². The third-order valence-electron chi connectivity index (χ3n) is 7.20. The second-order valence-corrected chi connectivity index (χ2v) is 9.88. The average molecular weight is 521 g/mol. The molecule has 3 aromatic carbocycles. The minimum Gasteiger partial charge on any atom is -0.432 e. The second kappa shape index (κ2) is 11.6. The van der Waals surface area contributed by atoms with Crippen LogP contribution in [0.25, 0.3) is 11.1 Å². The SMILES string of the molecule is CCCC1CCC(c2ccc(CCC(F)(F)Oc3ccc(-c4cc(F)c(F)c(F)c4)c(F)c3)cc2)CC1. The third-order valence-corrected chi connectivity index (χ3v) is 7.20. The van der Waals surface area contributed by atoms with Gasteiger partial charge in [0.25, 0.3) is 0 Å². The number of ether oxygens (including phenoxy) is 1. The zero-order valence-corrected chi connectivity index (χ0v) is 20.7. The first-order chi connectivity index (χ1) is 17.6. The van der Waals surface area contributed by atoms with Crippen LogP contribution in [0.5, 0.6) is 5.75 Å². The number of benzene rings is 3. The van der Waals surface area contributed by atoms with Gasteiger partial charge in [0.05, 0.1) is 6.42 Å². The van der Waals surface area contributed by atoms with Gasteiger partial charge in [0.15, 0.2) is 17.5 Å². The number of hydrogen-bond donors (Lipinski definition) is 0. The summed E-state index contributed by atoms with van der Waals surface area (Å²) < 4.78 is 88.3. The zero-order chi connectivity index (χ0) is 26.6. The van der Waals surface area contributed by atoms with Crippen molar-refractivity contribution in [3.05, 3.63) is 89.0 Å². The molecule has 1 aliphatic rings. The molecule has 1 aliphatic carbocycles. The molecule has 37 heavy (non-hydrogen) atoms. The molecule has 0 spiro atoms. The van der Waals surface area contributed by atoms with Gasteiger partial charge in [-0.2, -0.15) is 8.78 Å². The molecule has 0 atom stereocenters. The van der Waals surface area contributed by atoms with Crippen LogP contribution in [-0.4, -0.2) is 6.11 Å². The lowest BCUT2D eigenvalue weighted by atomic mass is 9.77. The van der Waals surface area contributed by atoms with Gasteiger partial charge in [-0.1, -0.05) is 44.0 Å². The largest absolute Gasteiger partial charge is 0.432 e. The number of alkyl halides is 2. The summed E-state index contributed by atoms with van der Waals surface area (Å²) in [5.41, 5.74) is 1.48. The van der Waals surface area contributed by atoms with Crippen LogP contribution in [-0.2, 0) is 6.42 Å². The fourth-order valence-corrected chi connectivity index (χ4v) is 5.17. The summed E-state index contributed by atoms with van der Waals surface area (Å²) in [5.74, 6) is -4.74. The topological polar surface area (TPSA) is 9.23 Å². The van der Waals surface area contributed by atoms with Gasteiger partial charge < -0.3 is 4.74 Å². The Morgan fingerprint density at radius 2 is 1.46 bits per heavy atom. The fourth-order valence-electron chi connectivity index (χ4n) is 5.17. The van der Waals surface area contributed by atoms with Crippen molar-refractivity contribution in [1.29, 1.82) is 0 Å². The Balaban J connectivity index is 1.33. The lowest BCUT2D eigenvalue weighted by Gasteiger charge is -2.28. The summed E-state index contributed by atoms with van der Waals surface area (Å²) >= 11 is 0. The van der Waals surface area contributed by atoms with Crippen molar-refractivity contribution in [2.45, 2.75) is 70.3 Å².